The van der Waals surface area contributed by atoms with Crippen molar-refractivity contribution in [3.63, 3.8) is 0 Å². The van der Waals surface area contributed by atoms with Crippen molar-refractivity contribution in [3.05, 3.63) is 0 Å². The van der Waals surface area contributed by atoms with Crippen LogP contribution in [0.25, 0.3) is 0 Å². The molecule has 66 valence electrons. The Labute approximate surface area is 74.7 Å². The minimum Gasteiger partial charge on any atom is -0.0596 e. The van der Waals surface area contributed by atoms with E-state index >= 15 is 0 Å². The first kappa shape index (κ1) is 6.45. The van der Waals surface area contributed by atoms with Crippen LogP contribution in [-0.4, -0.2) is 0 Å². The lowest BCUT2D eigenvalue weighted by molar-refractivity contribution is -0.0714. The second-order valence-corrected chi connectivity index (χ2v) is 6.42. The van der Waals surface area contributed by atoms with Gasteiger partial charge in [0.1, 0.15) is 0 Å². The molecule has 5 aliphatic carbocycles. The SMILES string of the molecule is CC12CC3CC4CC4C3C(C1)C2. The van der Waals surface area contributed by atoms with Gasteiger partial charge in [-0.25, -0.2) is 0 Å². The molecule has 0 heterocycles. The van der Waals surface area contributed by atoms with Gasteiger partial charge in [-0.05, 0) is 67.1 Å². The van der Waals surface area contributed by atoms with E-state index in [0.717, 1.165) is 5.41 Å². The molecular weight excluding hydrogens is 144 g/mol. The molecule has 0 aromatic carbocycles. The van der Waals surface area contributed by atoms with Crippen LogP contribution in [0.5, 0.6) is 0 Å². The number of hydrogen-bond donors (Lipinski definition) is 0. The third kappa shape index (κ3) is 0.592. The molecule has 5 aliphatic rings. The highest BCUT2D eigenvalue weighted by atomic mass is 14.7. The van der Waals surface area contributed by atoms with Gasteiger partial charge >= 0.3 is 0 Å². The Hall–Kier alpha value is 0. The largest absolute Gasteiger partial charge is 0.0596 e. The predicted molar refractivity (Wildman–Crippen MR) is 48.6 cm³/mol. The van der Waals surface area contributed by atoms with E-state index in [4.69, 9.17) is 0 Å². The Balaban J connectivity index is 1.69. The Morgan fingerprint density at radius 3 is 2.50 bits per heavy atom. The Kier molecular flexibility index (Phi) is 0.875. The van der Waals surface area contributed by atoms with E-state index in [-0.39, 0.29) is 0 Å². The van der Waals surface area contributed by atoms with Gasteiger partial charge in [-0.2, -0.15) is 0 Å². The first-order valence-corrected chi connectivity index (χ1v) is 5.75. The molecule has 0 saturated heterocycles. The fourth-order valence-electron chi connectivity index (χ4n) is 5.14. The molecule has 0 heteroatoms. The van der Waals surface area contributed by atoms with Crippen molar-refractivity contribution in [1.82, 2.24) is 0 Å². The molecular formula is C12H18. The Bertz CT molecular complexity index is 236. The molecule has 4 unspecified atom stereocenters. The van der Waals surface area contributed by atoms with Crippen LogP contribution in [0.4, 0.5) is 0 Å². The van der Waals surface area contributed by atoms with Gasteiger partial charge in [0.15, 0.2) is 0 Å². The third-order valence-electron chi connectivity index (χ3n) is 5.43. The van der Waals surface area contributed by atoms with Crippen LogP contribution in [0.1, 0.15) is 39.0 Å². The molecule has 0 N–H and O–H groups in total. The van der Waals surface area contributed by atoms with Crippen molar-refractivity contribution in [3.8, 4) is 0 Å². The monoisotopic (exact) mass is 162 g/mol. The van der Waals surface area contributed by atoms with Crippen molar-refractivity contribution in [2.45, 2.75) is 39.0 Å². The van der Waals surface area contributed by atoms with E-state index in [1.54, 1.807) is 32.1 Å². The molecule has 5 rings (SSSR count). The maximum Gasteiger partial charge on any atom is -0.0318 e. The quantitative estimate of drug-likeness (QED) is 0.513. The van der Waals surface area contributed by atoms with Crippen molar-refractivity contribution in [2.24, 2.45) is 35.0 Å². The molecule has 0 nitrogen and oxygen atoms in total. The Morgan fingerprint density at radius 2 is 1.67 bits per heavy atom. The van der Waals surface area contributed by atoms with Gasteiger partial charge in [0.25, 0.3) is 0 Å². The van der Waals surface area contributed by atoms with Crippen LogP contribution >= 0.6 is 0 Å². The summed E-state index contributed by atoms with van der Waals surface area (Å²) in [5.41, 5.74) is 0.822. The summed E-state index contributed by atoms with van der Waals surface area (Å²) in [4.78, 5) is 0. The molecule has 12 heavy (non-hydrogen) atoms. The van der Waals surface area contributed by atoms with Gasteiger partial charge in [-0.3, -0.25) is 0 Å². The van der Waals surface area contributed by atoms with Crippen LogP contribution in [0, 0.1) is 35.0 Å². The molecule has 0 spiro atoms. The second kappa shape index (κ2) is 1.63. The van der Waals surface area contributed by atoms with Gasteiger partial charge in [-0.15, -0.1) is 0 Å². The molecule has 0 radical (unpaired) electrons. The summed E-state index contributed by atoms with van der Waals surface area (Å²) in [5, 5.41) is 0. The minimum atomic E-state index is 0.822. The minimum absolute atomic E-state index is 0.822. The molecule has 0 aliphatic heterocycles. The summed E-state index contributed by atoms with van der Waals surface area (Å²) in [5.74, 6) is 6.03. The lowest BCUT2D eigenvalue weighted by atomic mass is 9.48. The maximum absolute atomic E-state index is 2.53. The van der Waals surface area contributed by atoms with Gasteiger partial charge in [0, 0.05) is 0 Å². The first-order valence-electron chi connectivity index (χ1n) is 5.75. The molecule has 0 aromatic heterocycles. The van der Waals surface area contributed by atoms with Gasteiger partial charge in [-0.1, -0.05) is 6.92 Å². The van der Waals surface area contributed by atoms with E-state index in [1.165, 1.54) is 29.6 Å². The lowest BCUT2D eigenvalue weighted by Crippen LogP contribution is -2.48. The highest BCUT2D eigenvalue weighted by Gasteiger charge is 2.63. The highest BCUT2D eigenvalue weighted by Crippen LogP contribution is 2.71. The normalized spacial score (nSPS) is 71.2. The first-order chi connectivity index (χ1) is 5.75. The van der Waals surface area contributed by atoms with Crippen molar-refractivity contribution in [1.29, 1.82) is 0 Å². The van der Waals surface area contributed by atoms with Gasteiger partial charge < -0.3 is 0 Å². The number of fused-ring (bicyclic) bond motifs is 1. The van der Waals surface area contributed by atoms with E-state index < -0.39 is 0 Å². The third-order valence-corrected chi connectivity index (χ3v) is 5.43. The summed E-state index contributed by atoms with van der Waals surface area (Å²) >= 11 is 0. The summed E-state index contributed by atoms with van der Waals surface area (Å²) in [6, 6.07) is 0. The van der Waals surface area contributed by atoms with Crippen molar-refractivity contribution in [2.75, 3.05) is 0 Å². The molecule has 2 bridgehead atoms. The predicted octanol–water partition coefficient (Wildman–Crippen LogP) is 3.08. The van der Waals surface area contributed by atoms with Crippen LogP contribution < -0.4 is 0 Å². The number of rotatable bonds is 0. The number of hydrogen-bond acceptors (Lipinski definition) is 0. The molecule has 5 fully saturated rings. The summed E-state index contributed by atoms with van der Waals surface area (Å²) in [6.07, 6.45) is 8.03. The van der Waals surface area contributed by atoms with Crippen molar-refractivity contribution < 1.29 is 0 Å². The van der Waals surface area contributed by atoms with Gasteiger partial charge in [0.05, 0.1) is 0 Å². The van der Waals surface area contributed by atoms with E-state index in [9.17, 15) is 0 Å². The summed E-state index contributed by atoms with van der Waals surface area (Å²) in [6.45, 7) is 2.53. The fraction of sp³-hybridized carbons (Fsp3) is 1.00. The summed E-state index contributed by atoms with van der Waals surface area (Å²) in [7, 11) is 0. The van der Waals surface area contributed by atoms with Crippen LogP contribution in [-0.2, 0) is 0 Å². The molecule has 0 aromatic rings. The zero-order valence-corrected chi connectivity index (χ0v) is 7.92. The topological polar surface area (TPSA) is 0 Å². The van der Waals surface area contributed by atoms with Gasteiger partial charge in [0.2, 0.25) is 0 Å². The zero-order chi connectivity index (χ0) is 7.92. The molecule has 4 atom stereocenters. The smallest absolute Gasteiger partial charge is 0.0318 e. The molecule has 0 amide bonds. The lowest BCUT2D eigenvalue weighted by Gasteiger charge is -2.57. The maximum atomic E-state index is 2.53. The van der Waals surface area contributed by atoms with E-state index in [0.29, 0.717) is 0 Å². The van der Waals surface area contributed by atoms with E-state index in [2.05, 4.69) is 6.92 Å². The van der Waals surface area contributed by atoms with Crippen LogP contribution in [0.2, 0.25) is 0 Å². The van der Waals surface area contributed by atoms with Crippen LogP contribution in [0.15, 0.2) is 0 Å². The average Bonchev–Trinajstić information content (AvgIpc) is 2.59. The standard InChI is InChI=1S/C12H18/c1-12-4-8-2-7-3-10(7)11(8)9(5-12)6-12/h7-11H,2-6H2,1H3. The second-order valence-electron chi connectivity index (χ2n) is 6.42. The average molecular weight is 162 g/mol. The summed E-state index contributed by atoms with van der Waals surface area (Å²) < 4.78 is 0. The fourth-order valence-corrected chi connectivity index (χ4v) is 5.14. The zero-order valence-electron chi connectivity index (χ0n) is 7.92. The molecule has 5 saturated carbocycles. The van der Waals surface area contributed by atoms with Crippen molar-refractivity contribution >= 4 is 0 Å². The van der Waals surface area contributed by atoms with E-state index in [1.807, 2.05) is 0 Å². The van der Waals surface area contributed by atoms with Crippen LogP contribution in [0.3, 0.4) is 0 Å². The highest BCUT2D eigenvalue weighted by molar-refractivity contribution is 5.12. The Morgan fingerprint density at radius 1 is 0.917 bits per heavy atom.